The van der Waals surface area contributed by atoms with Crippen LogP contribution in [-0.2, 0) is 14.2 Å². The predicted octanol–water partition coefficient (Wildman–Crippen LogP) is 7.66. The van der Waals surface area contributed by atoms with Crippen LogP contribution in [0.5, 0.6) is 0 Å². The zero-order valence-corrected chi connectivity index (χ0v) is 26.1. The molecule has 5 heteroatoms. The van der Waals surface area contributed by atoms with Crippen molar-refractivity contribution in [3.8, 4) is 0 Å². The number of hydrogen-bond donors (Lipinski definition) is 1. The first kappa shape index (κ1) is 29.6. The summed E-state index contributed by atoms with van der Waals surface area (Å²) in [5, 5.41) is 10.5. The Hall–Kier alpha value is -1.43. The quantitative estimate of drug-likeness (QED) is 0.343. The normalized spacial score (nSPS) is 41.0. The van der Waals surface area contributed by atoms with Crippen LogP contribution < -0.4 is 0 Å². The number of aliphatic hydroxyl groups excluding tert-OH is 1. The Morgan fingerprint density at radius 1 is 0.951 bits per heavy atom. The van der Waals surface area contributed by atoms with E-state index in [1.807, 2.05) is 30.3 Å². The molecule has 5 fully saturated rings. The molecule has 0 radical (unpaired) electrons. The monoisotopic (exact) mass is 566 g/mol. The molecule has 1 heterocycles. The molecule has 1 spiro atoms. The van der Waals surface area contributed by atoms with E-state index in [1.165, 1.54) is 25.7 Å². The second-order valence-corrected chi connectivity index (χ2v) is 15.4. The maximum Gasteiger partial charge on any atom is 0.338 e. The third kappa shape index (κ3) is 5.20. The van der Waals surface area contributed by atoms with Gasteiger partial charge in [-0.3, -0.25) is 0 Å². The maximum atomic E-state index is 13.5. The average Bonchev–Trinajstić information content (AvgIpc) is 3.56. The summed E-state index contributed by atoms with van der Waals surface area (Å²) >= 11 is 0. The fourth-order valence-corrected chi connectivity index (χ4v) is 10.7. The van der Waals surface area contributed by atoms with E-state index < -0.39 is 5.79 Å². The summed E-state index contributed by atoms with van der Waals surface area (Å²) in [5.41, 5.74) is 1.14. The summed E-state index contributed by atoms with van der Waals surface area (Å²) in [6, 6.07) is 9.56. The number of ether oxygens (including phenoxy) is 3. The van der Waals surface area contributed by atoms with Crippen molar-refractivity contribution < 1.29 is 24.1 Å². The Bertz CT molecular complexity index is 1060. The van der Waals surface area contributed by atoms with E-state index in [4.69, 9.17) is 14.2 Å². The van der Waals surface area contributed by atoms with E-state index in [2.05, 4.69) is 34.6 Å². The van der Waals surface area contributed by atoms with Crippen molar-refractivity contribution in [1.29, 1.82) is 0 Å². The molecule has 5 aliphatic rings. The smallest absolute Gasteiger partial charge is 0.338 e. The van der Waals surface area contributed by atoms with Gasteiger partial charge < -0.3 is 19.3 Å². The van der Waals surface area contributed by atoms with Crippen LogP contribution in [0.4, 0.5) is 0 Å². The molecule has 6 rings (SSSR count). The zero-order valence-electron chi connectivity index (χ0n) is 26.1. The van der Waals surface area contributed by atoms with Crippen LogP contribution in [0.3, 0.4) is 0 Å². The fraction of sp³-hybridized carbons (Fsp3) is 0.806. The third-order valence-corrected chi connectivity index (χ3v) is 13.2. The highest BCUT2D eigenvalue weighted by atomic mass is 16.7. The largest absolute Gasteiger partial charge is 0.458 e. The Balaban J connectivity index is 1.27. The van der Waals surface area contributed by atoms with Crippen LogP contribution in [-0.4, -0.2) is 42.3 Å². The average molecular weight is 567 g/mol. The summed E-state index contributed by atoms with van der Waals surface area (Å²) in [6.45, 7) is 13.2. The second-order valence-electron chi connectivity index (χ2n) is 15.4. The fourth-order valence-electron chi connectivity index (χ4n) is 10.7. The molecule has 4 saturated carbocycles. The first-order chi connectivity index (χ1) is 19.6. The lowest BCUT2D eigenvalue weighted by molar-refractivity contribution is -0.242. The van der Waals surface area contributed by atoms with Gasteiger partial charge in [-0.05, 0) is 110 Å². The standard InChI is InChI=1S/C36H54O5/c1-23(2)30(37)14-11-24(3)27-12-13-28-32-29(15-16-35(27,28)5)34(4)17-18-36(39-19-20-40-36)22-26(34)21-31(32)41-33(38)25-9-7-6-8-10-25/h6-10,23-24,26-32,37H,11-22H2,1-5H3/t24-,26+,27-,28+,29+,30-,31-,32+,34+,35-/m1/s1. The van der Waals surface area contributed by atoms with E-state index in [9.17, 15) is 9.90 Å². The summed E-state index contributed by atoms with van der Waals surface area (Å²) < 4.78 is 19.1. The molecule has 0 bridgehead atoms. The van der Waals surface area contributed by atoms with Gasteiger partial charge in [0.2, 0.25) is 0 Å². The number of aliphatic hydroxyl groups is 1. The zero-order chi connectivity index (χ0) is 29.0. The molecular formula is C36H54O5. The van der Waals surface area contributed by atoms with Crippen LogP contribution >= 0.6 is 0 Å². The molecule has 1 saturated heterocycles. The number of hydrogen-bond acceptors (Lipinski definition) is 5. The lowest BCUT2D eigenvalue weighted by Gasteiger charge is -2.63. The van der Waals surface area contributed by atoms with Gasteiger partial charge in [0.1, 0.15) is 6.10 Å². The molecule has 228 valence electrons. The minimum atomic E-state index is -0.428. The minimum absolute atomic E-state index is 0.0659. The highest BCUT2D eigenvalue weighted by Gasteiger charge is 2.65. The van der Waals surface area contributed by atoms with Gasteiger partial charge >= 0.3 is 5.97 Å². The minimum Gasteiger partial charge on any atom is -0.458 e. The molecule has 0 amide bonds. The molecule has 4 aliphatic carbocycles. The SMILES string of the molecule is CC(C)[C@H](O)CC[C@@H](C)[C@H]1CC[C@H]2[C@@H]3[C@H](OC(=O)c4ccccc4)C[C@H]4CC5(CC[C@]4(C)[C@H]3CC[C@]12C)OCCO5. The topological polar surface area (TPSA) is 65.0 Å². The molecule has 1 aromatic carbocycles. The van der Waals surface area contributed by atoms with Crippen LogP contribution in [0.25, 0.3) is 0 Å². The van der Waals surface area contributed by atoms with E-state index in [0.717, 1.165) is 38.5 Å². The molecule has 0 aromatic heterocycles. The maximum absolute atomic E-state index is 13.5. The molecule has 10 atom stereocenters. The Kier molecular flexibility index (Phi) is 8.13. The highest BCUT2D eigenvalue weighted by molar-refractivity contribution is 5.89. The lowest BCUT2D eigenvalue weighted by atomic mass is 9.43. The molecule has 0 unspecified atom stereocenters. The van der Waals surface area contributed by atoms with E-state index in [1.54, 1.807) is 0 Å². The van der Waals surface area contributed by atoms with Gasteiger partial charge in [-0.1, -0.05) is 52.8 Å². The van der Waals surface area contributed by atoms with Gasteiger partial charge in [0, 0.05) is 18.8 Å². The van der Waals surface area contributed by atoms with E-state index in [-0.39, 0.29) is 29.0 Å². The molecule has 41 heavy (non-hydrogen) atoms. The van der Waals surface area contributed by atoms with Crippen molar-refractivity contribution in [1.82, 2.24) is 0 Å². The predicted molar refractivity (Wildman–Crippen MR) is 160 cm³/mol. The van der Waals surface area contributed by atoms with Gasteiger partial charge in [-0.25, -0.2) is 4.79 Å². The van der Waals surface area contributed by atoms with Crippen LogP contribution in [0, 0.1) is 52.3 Å². The van der Waals surface area contributed by atoms with Crippen molar-refractivity contribution >= 4 is 5.97 Å². The number of carbonyl (C=O) groups is 1. The van der Waals surface area contributed by atoms with Crippen LogP contribution in [0.1, 0.15) is 109 Å². The van der Waals surface area contributed by atoms with Crippen molar-refractivity contribution in [2.45, 2.75) is 117 Å². The van der Waals surface area contributed by atoms with Gasteiger partial charge in [0.25, 0.3) is 0 Å². The van der Waals surface area contributed by atoms with Crippen LogP contribution in [0.15, 0.2) is 30.3 Å². The summed E-state index contributed by atoms with van der Waals surface area (Å²) in [4.78, 5) is 13.5. The van der Waals surface area contributed by atoms with Crippen molar-refractivity contribution in [2.24, 2.45) is 52.3 Å². The number of fused-ring (bicyclic) bond motifs is 5. The third-order valence-electron chi connectivity index (χ3n) is 13.2. The summed E-state index contributed by atoms with van der Waals surface area (Å²) in [7, 11) is 0. The van der Waals surface area contributed by atoms with Gasteiger partial charge in [0.15, 0.2) is 5.79 Å². The molecule has 1 aromatic rings. The second kappa shape index (κ2) is 11.2. The highest BCUT2D eigenvalue weighted by Crippen LogP contribution is 2.69. The first-order valence-corrected chi connectivity index (χ1v) is 16.8. The Morgan fingerprint density at radius 2 is 1.66 bits per heavy atom. The molecular weight excluding hydrogens is 512 g/mol. The Labute approximate surface area is 248 Å². The van der Waals surface area contributed by atoms with E-state index >= 15 is 0 Å². The van der Waals surface area contributed by atoms with Crippen LogP contribution in [0.2, 0.25) is 0 Å². The molecule has 1 N–H and O–H groups in total. The Morgan fingerprint density at radius 3 is 2.37 bits per heavy atom. The van der Waals surface area contributed by atoms with Gasteiger partial charge in [0.05, 0.1) is 24.9 Å². The van der Waals surface area contributed by atoms with Crippen molar-refractivity contribution in [3.63, 3.8) is 0 Å². The van der Waals surface area contributed by atoms with Gasteiger partial charge in [-0.15, -0.1) is 0 Å². The number of rotatable bonds is 7. The van der Waals surface area contributed by atoms with Gasteiger partial charge in [-0.2, -0.15) is 0 Å². The van der Waals surface area contributed by atoms with Crippen molar-refractivity contribution in [3.05, 3.63) is 35.9 Å². The van der Waals surface area contributed by atoms with E-state index in [0.29, 0.717) is 60.2 Å². The molecule has 1 aliphatic heterocycles. The number of esters is 1. The molecule has 5 nitrogen and oxygen atoms in total. The summed E-state index contributed by atoms with van der Waals surface area (Å²) in [6.07, 6.45) is 10.6. The first-order valence-electron chi connectivity index (χ1n) is 16.8. The number of benzene rings is 1. The van der Waals surface area contributed by atoms with Crippen molar-refractivity contribution in [2.75, 3.05) is 13.2 Å². The lowest BCUT2D eigenvalue weighted by Crippen LogP contribution is -2.60. The number of carbonyl (C=O) groups excluding carboxylic acids is 1. The summed E-state index contributed by atoms with van der Waals surface area (Å²) in [5.74, 6) is 2.95.